The zero-order valence-corrected chi connectivity index (χ0v) is 9.95. The van der Waals surface area contributed by atoms with Crippen LogP contribution in [0.2, 0.25) is 0 Å². The predicted octanol–water partition coefficient (Wildman–Crippen LogP) is 2.62. The van der Waals surface area contributed by atoms with E-state index in [4.69, 9.17) is 4.52 Å². The summed E-state index contributed by atoms with van der Waals surface area (Å²) in [4.78, 5) is 4.34. The maximum atomic E-state index is 5.23. The average molecular weight is 240 g/mol. The quantitative estimate of drug-likeness (QED) is 0.706. The largest absolute Gasteiger partial charge is 0.332 e. The summed E-state index contributed by atoms with van der Waals surface area (Å²) in [5, 5.41) is 8.29. The van der Waals surface area contributed by atoms with Crippen molar-refractivity contribution in [2.75, 3.05) is 0 Å². The van der Waals surface area contributed by atoms with Gasteiger partial charge in [0.1, 0.15) is 0 Å². The van der Waals surface area contributed by atoms with Crippen molar-refractivity contribution in [3.05, 3.63) is 42.6 Å². The lowest BCUT2D eigenvalue weighted by molar-refractivity contribution is 0.430. The molecule has 0 amide bonds. The number of nitrogens with zero attached hydrogens (tertiary/aromatic N) is 4. The van der Waals surface area contributed by atoms with Gasteiger partial charge in [0.25, 0.3) is 5.89 Å². The first kappa shape index (κ1) is 10.7. The Morgan fingerprint density at radius 3 is 2.72 bits per heavy atom. The van der Waals surface area contributed by atoms with Crippen LogP contribution in [0.15, 0.2) is 47.1 Å². The Hall–Kier alpha value is -2.43. The molecule has 0 aliphatic heterocycles. The highest BCUT2D eigenvalue weighted by Gasteiger charge is 2.12. The summed E-state index contributed by atoms with van der Waals surface area (Å²) in [5.41, 5.74) is 1.63. The summed E-state index contributed by atoms with van der Waals surface area (Å²) in [6, 6.07) is 11.6. The van der Waals surface area contributed by atoms with E-state index in [-0.39, 0.29) is 0 Å². The minimum Gasteiger partial charge on any atom is -0.332 e. The molecule has 3 aromatic rings. The predicted molar refractivity (Wildman–Crippen MR) is 66.6 cm³/mol. The molecule has 0 aliphatic rings. The summed E-state index contributed by atoms with van der Waals surface area (Å²) in [6.07, 6.45) is 1.89. The molecule has 2 heterocycles. The molecule has 0 saturated carbocycles. The number of aryl methyl sites for hydroxylation is 1. The first-order valence-corrected chi connectivity index (χ1v) is 5.80. The highest BCUT2D eigenvalue weighted by atomic mass is 16.5. The van der Waals surface area contributed by atoms with E-state index in [2.05, 4.69) is 15.2 Å². The number of hydrogen-bond donors (Lipinski definition) is 0. The minimum atomic E-state index is 0.445. The van der Waals surface area contributed by atoms with Gasteiger partial charge in [0.05, 0.1) is 0 Å². The number of rotatable bonds is 3. The summed E-state index contributed by atoms with van der Waals surface area (Å²) >= 11 is 0. The second kappa shape index (κ2) is 4.44. The van der Waals surface area contributed by atoms with Crippen LogP contribution in [0, 0.1) is 0 Å². The van der Waals surface area contributed by atoms with Gasteiger partial charge in [-0.15, -0.1) is 0 Å². The van der Waals surface area contributed by atoms with Gasteiger partial charge in [-0.2, -0.15) is 10.1 Å². The lowest BCUT2D eigenvalue weighted by atomic mass is 10.2. The molecular formula is C13H12N4O. The van der Waals surface area contributed by atoms with E-state index in [1.165, 1.54) is 0 Å². The molecule has 0 N–H and O–H groups in total. The van der Waals surface area contributed by atoms with Crippen molar-refractivity contribution in [2.45, 2.75) is 13.5 Å². The van der Waals surface area contributed by atoms with Crippen molar-refractivity contribution >= 4 is 0 Å². The van der Waals surface area contributed by atoms with E-state index in [1.54, 1.807) is 0 Å². The third kappa shape index (κ3) is 1.90. The second-order valence-electron chi connectivity index (χ2n) is 3.85. The van der Waals surface area contributed by atoms with Crippen LogP contribution in [0.25, 0.3) is 23.0 Å². The molecule has 0 atom stereocenters. The zero-order valence-electron chi connectivity index (χ0n) is 9.95. The van der Waals surface area contributed by atoms with E-state index in [9.17, 15) is 0 Å². The molecule has 3 rings (SSSR count). The standard InChI is InChI=1S/C13H12N4O/c1-2-17-9-8-11(15-17)13-14-12(16-18-13)10-6-4-3-5-7-10/h3-9H,2H2,1H3. The van der Waals surface area contributed by atoms with Crippen LogP contribution in [0.5, 0.6) is 0 Å². The van der Waals surface area contributed by atoms with Crippen LogP contribution in [-0.4, -0.2) is 19.9 Å². The van der Waals surface area contributed by atoms with Gasteiger partial charge >= 0.3 is 0 Å². The Labute approximate surface area is 104 Å². The zero-order chi connectivity index (χ0) is 12.4. The van der Waals surface area contributed by atoms with Crippen molar-refractivity contribution < 1.29 is 4.52 Å². The van der Waals surface area contributed by atoms with Gasteiger partial charge in [-0.05, 0) is 13.0 Å². The smallest absolute Gasteiger partial charge is 0.278 e. The van der Waals surface area contributed by atoms with Crippen LogP contribution >= 0.6 is 0 Å². The number of aromatic nitrogens is 4. The van der Waals surface area contributed by atoms with Crippen LogP contribution in [0.3, 0.4) is 0 Å². The summed E-state index contributed by atoms with van der Waals surface area (Å²) in [7, 11) is 0. The van der Waals surface area contributed by atoms with Crippen molar-refractivity contribution in [1.82, 2.24) is 19.9 Å². The van der Waals surface area contributed by atoms with Gasteiger partial charge in [0.2, 0.25) is 5.82 Å². The summed E-state index contributed by atoms with van der Waals surface area (Å²) < 4.78 is 7.05. The van der Waals surface area contributed by atoms with Crippen molar-refractivity contribution in [2.24, 2.45) is 0 Å². The third-order valence-electron chi connectivity index (χ3n) is 2.64. The molecule has 18 heavy (non-hydrogen) atoms. The lowest BCUT2D eigenvalue weighted by Crippen LogP contribution is -1.93. The Morgan fingerprint density at radius 2 is 2.00 bits per heavy atom. The van der Waals surface area contributed by atoms with Gasteiger partial charge < -0.3 is 4.52 Å². The topological polar surface area (TPSA) is 56.7 Å². The van der Waals surface area contributed by atoms with Crippen molar-refractivity contribution in [3.63, 3.8) is 0 Å². The Bertz CT molecular complexity index is 642. The van der Waals surface area contributed by atoms with Crippen LogP contribution in [0.1, 0.15) is 6.92 Å². The Kier molecular flexibility index (Phi) is 2.64. The minimum absolute atomic E-state index is 0.445. The van der Waals surface area contributed by atoms with E-state index in [1.807, 2.05) is 54.2 Å². The number of hydrogen-bond acceptors (Lipinski definition) is 4. The highest BCUT2D eigenvalue weighted by molar-refractivity contribution is 5.57. The average Bonchev–Trinajstić information content (AvgIpc) is 3.08. The van der Waals surface area contributed by atoms with Crippen molar-refractivity contribution in [1.29, 1.82) is 0 Å². The molecule has 5 nitrogen and oxygen atoms in total. The SMILES string of the molecule is CCn1ccc(-c2nc(-c3ccccc3)no2)n1. The first-order chi connectivity index (χ1) is 8.86. The fourth-order valence-corrected chi connectivity index (χ4v) is 1.68. The summed E-state index contributed by atoms with van der Waals surface area (Å²) in [6.45, 7) is 2.85. The molecule has 0 unspecified atom stereocenters. The molecule has 2 aromatic heterocycles. The first-order valence-electron chi connectivity index (χ1n) is 5.80. The van der Waals surface area contributed by atoms with Gasteiger partial charge in [-0.25, -0.2) is 0 Å². The summed E-state index contributed by atoms with van der Waals surface area (Å²) in [5.74, 6) is 1.03. The van der Waals surface area contributed by atoms with Crippen LogP contribution in [-0.2, 0) is 6.54 Å². The van der Waals surface area contributed by atoms with Gasteiger partial charge in [0.15, 0.2) is 5.69 Å². The molecule has 0 fully saturated rings. The molecule has 0 bridgehead atoms. The van der Waals surface area contributed by atoms with Gasteiger partial charge in [-0.1, -0.05) is 35.5 Å². The molecule has 5 heteroatoms. The van der Waals surface area contributed by atoms with Crippen LogP contribution < -0.4 is 0 Å². The van der Waals surface area contributed by atoms with Crippen molar-refractivity contribution in [3.8, 4) is 23.0 Å². The second-order valence-corrected chi connectivity index (χ2v) is 3.85. The van der Waals surface area contributed by atoms with E-state index in [0.29, 0.717) is 17.4 Å². The maximum absolute atomic E-state index is 5.23. The Balaban J connectivity index is 1.94. The molecule has 0 saturated heterocycles. The highest BCUT2D eigenvalue weighted by Crippen LogP contribution is 2.20. The molecule has 0 spiro atoms. The van der Waals surface area contributed by atoms with Gasteiger partial charge in [0, 0.05) is 18.3 Å². The van der Waals surface area contributed by atoms with Gasteiger partial charge in [-0.3, -0.25) is 4.68 Å². The molecule has 1 aromatic carbocycles. The van der Waals surface area contributed by atoms with E-state index >= 15 is 0 Å². The lowest BCUT2D eigenvalue weighted by Gasteiger charge is -1.91. The fourth-order valence-electron chi connectivity index (χ4n) is 1.68. The molecule has 0 aliphatic carbocycles. The monoisotopic (exact) mass is 240 g/mol. The molecule has 90 valence electrons. The normalized spacial score (nSPS) is 10.7. The molecular weight excluding hydrogens is 228 g/mol. The maximum Gasteiger partial charge on any atom is 0.278 e. The molecule has 0 radical (unpaired) electrons. The Morgan fingerprint density at radius 1 is 1.17 bits per heavy atom. The fraction of sp³-hybridized carbons (Fsp3) is 0.154. The van der Waals surface area contributed by atoms with E-state index < -0.39 is 0 Å². The number of benzene rings is 1. The van der Waals surface area contributed by atoms with Crippen LogP contribution in [0.4, 0.5) is 0 Å². The third-order valence-corrected chi connectivity index (χ3v) is 2.64. The van der Waals surface area contributed by atoms with E-state index in [0.717, 1.165) is 12.1 Å².